The van der Waals surface area contributed by atoms with E-state index in [1.165, 1.54) is 21.8 Å². The molecule has 0 bridgehead atoms. The maximum Gasteiger partial charge on any atom is 0.261 e. The first kappa shape index (κ1) is 17.7. The standard InChI is InChI=1S/C23H22N4O2/c28-21(12-13-27-14-24-18-9-3-2-7-17(18)23(27)29)25-20-11-5-8-16-15-6-1-4-10-19(15)26-22(16)20/h1-4,6-7,9-10,14,20,26H,5,8,11-13H2,(H,25,28)/t20-/m1/s1. The molecular formula is C23H22N4O2. The number of hydrogen-bond donors (Lipinski definition) is 2. The minimum absolute atomic E-state index is 0.00917. The van der Waals surface area contributed by atoms with Crippen LogP contribution in [0.15, 0.2) is 59.7 Å². The van der Waals surface area contributed by atoms with E-state index in [-0.39, 0.29) is 23.9 Å². The van der Waals surface area contributed by atoms with E-state index in [9.17, 15) is 9.59 Å². The van der Waals surface area contributed by atoms with Crippen molar-refractivity contribution < 1.29 is 4.79 Å². The number of nitrogens with one attached hydrogen (secondary N) is 2. The van der Waals surface area contributed by atoms with Crippen molar-refractivity contribution in [1.82, 2.24) is 19.9 Å². The van der Waals surface area contributed by atoms with Gasteiger partial charge in [-0.15, -0.1) is 0 Å². The highest BCUT2D eigenvalue weighted by Gasteiger charge is 2.25. The summed E-state index contributed by atoms with van der Waals surface area (Å²) in [6.07, 6.45) is 4.76. The zero-order valence-electron chi connectivity index (χ0n) is 16.0. The van der Waals surface area contributed by atoms with Gasteiger partial charge < -0.3 is 10.3 Å². The summed E-state index contributed by atoms with van der Waals surface area (Å²) in [4.78, 5) is 33.0. The molecule has 6 nitrogen and oxygen atoms in total. The predicted octanol–water partition coefficient (Wildman–Crippen LogP) is 3.46. The van der Waals surface area contributed by atoms with Crippen LogP contribution in [0.2, 0.25) is 0 Å². The van der Waals surface area contributed by atoms with E-state index >= 15 is 0 Å². The highest BCUT2D eigenvalue weighted by molar-refractivity contribution is 5.85. The van der Waals surface area contributed by atoms with Crippen molar-refractivity contribution in [3.05, 3.63) is 76.5 Å². The van der Waals surface area contributed by atoms with E-state index in [1.807, 2.05) is 30.3 Å². The summed E-state index contributed by atoms with van der Waals surface area (Å²) in [5, 5.41) is 4.98. The number of carbonyl (C=O) groups excluding carboxylic acids is 1. The summed E-state index contributed by atoms with van der Waals surface area (Å²) in [6.45, 7) is 0.314. The van der Waals surface area contributed by atoms with Gasteiger partial charge in [0, 0.05) is 29.6 Å². The van der Waals surface area contributed by atoms with Crippen LogP contribution >= 0.6 is 0 Å². The molecule has 1 aliphatic rings. The number of fused-ring (bicyclic) bond motifs is 4. The van der Waals surface area contributed by atoms with Crippen molar-refractivity contribution >= 4 is 27.7 Å². The van der Waals surface area contributed by atoms with Crippen molar-refractivity contribution in [3.8, 4) is 0 Å². The Labute approximate surface area is 167 Å². The van der Waals surface area contributed by atoms with E-state index in [0.29, 0.717) is 17.4 Å². The first-order valence-electron chi connectivity index (χ1n) is 10.0. The van der Waals surface area contributed by atoms with Gasteiger partial charge in [-0.1, -0.05) is 30.3 Å². The summed E-state index contributed by atoms with van der Waals surface area (Å²) in [5.41, 5.74) is 4.11. The second-order valence-electron chi connectivity index (χ2n) is 7.59. The largest absolute Gasteiger partial charge is 0.356 e. The Bertz CT molecular complexity index is 1270. The molecule has 5 rings (SSSR count). The molecule has 0 saturated carbocycles. The maximum atomic E-state index is 12.6. The van der Waals surface area contributed by atoms with Gasteiger partial charge in [-0.05, 0) is 43.0 Å². The number of benzene rings is 2. The fraction of sp³-hybridized carbons (Fsp3) is 0.261. The molecule has 2 aromatic carbocycles. The van der Waals surface area contributed by atoms with Crippen LogP contribution in [0, 0.1) is 0 Å². The topological polar surface area (TPSA) is 79.8 Å². The van der Waals surface area contributed by atoms with Crippen LogP contribution in [0.4, 0.5) is 0 Å². The molecule has 2 heterocycles. The average molecular weight is 386 g/mol. The lowest BCUT2D eigenvalue weighted by Crippen LogP contribution is -2.32. The smallest absolute Gasteiger partial charge is 0.261 e. The van der Waals surface area contributed by atoms with Crippen molar-refractivity contribution in [3.63, 3.8) is 0 Å². The highest BCUT2D eigenvalue weighted by atomic mass is 16.2. The highest BCUT2D eigenvalue weighted by Crippen LogP contribution is 2.34. The van der Waals surface area contributed by atoms with Crippen molar-refractivity contribution in [2.24, 2.45) is 0 Å². The molecule has 6 heteroatoms. The number of aromatic nitrogens is 3. The van der Waals surface area contributed by atoms with Gasteiger partial charge in [-0.2, -0.15) is 0 Å². The Hall–Kier alpha value is -3.41. The molecule has 2 N–H and O–H groups in total. The Kier molecular flexibility index (Phi) is 4.39. The molecule has 1 amide bonds. The van der Waals surface area contributed by atoms with Gasteiger partial charge in [-0.25, -0.2) is 4.98 Å². The summed E-state index contributed by atoms with van der Waals surface area (Å²) < 4.78 is 1.51. The maximum absolute atomic E-state index is 12.6. The summed E-state index contributed by atoms with van der Waals surface area (Å²) >= 11 is 0. The second-order valence-corrected chi connectivity index (χ2v) is 7.59. The summed E-state index contributed by atoms with van der Waals surface area (Å²) in [7, 11) is 0. The number of amides is 1. The van der Waals surface area contributed by atoms with Crippen molar-refractivity contribution in [1.29, 1.82) is 0 Å². The van der Waals surface area contributed by atoms with Gasteiger partial charge in [0.2, 0.25) is 5.91 Å². The molecule has 0 aliphatic heterocycles. The molecule has 4 aromatic rings. The number of H-pyrrole nitrogens is 1. The minimum Gasteiger partial charge on any atom is -0.356 e. The van der Waals surface area contributed by atoms with Crippen LogP contribution in [0.1, 0.15) is 36.6 Å². The Morgan fingerprint density at radius 3 is 2.83 bits per heavy atom. The van der Waals surface area contributed by atoms with Gasteiger partial charge in [-0.3, -0.25) is 14.2 Å². The summed E-state index contributed by atoms with van der Waals surface area (Å²) in [6, 6.07) is 15.5. The Morgan fingerprint density at radius 2 is 1.93 bits per heavy atom. The lowest BCUT2D eigenvalue weighted by Gasteiger charge is -2.24. The number of rotatable bonds is 4. The number of hydrogen-bond acceptors (Lipinski definition) is 3. The predicted molar refractivity (Wildman–Crippen MR) is 113 cm³/mol. The molecule has 0 radical (unpaired) electrons. The quantitative estimate of drug-likeness (QED) is 0.564. The van der Waals surface area contributed by atoms with Crippen LogP contribution < -0.4 is 10.9 Å². The third-order valence-electron chi connectivity index (χ3n) is 5.76. The normalized spacial score (nSPS) is 16.1. The zero-order valence-corrected chi connectivity index (χ0v) is 16.0. The van der Waals surface area contributed by atoms with Crippen molar-refractivity contribution in [2.45, 2.75) is 38.3 Å². The average Bonchev–Trinajstić information content (AvgIpc) is 3.13. The second kappa shape index (κ2) is 7.20. The van der Waals surface area contributed by atoms with Gasteiger partial charge in [0.15, 0.2) is 0 Å². The Morgan fingerprint density at radius 1 is 1.14 bits per heavy atom. The fourth-order valence-electron chi connectivity index (χ4n) is 4.31. The molecule has 0 saturated heterocycles. The van der Waals surface area contributed by atoms with Gasteiger partial charge in [0.25, 0.3) is 5.56 Å². The zero-order chi connectivity index (χ0) is 19.8. The van der Waals surface area contributed by atoms with Gasteiger partial charge in [0.1, 0.15) is 0 Å². The van der Waals surface area contributed by atoms with Crippen LogP contribution in [0.25, 0.3) is 21.8 Å². The lowest BCUT2D eigenvalue weighted by molar-refractivity contribution is -0.122. The number of aromatic amines is 1. The third kappa shape index (κ3) is 3.20. The van der Waals surface area contributed by atoms with Crippen LogP contribution in [0.3, 0.4) is 0 Å². The first-order valence-corrected chi connectivity index (χ1v) is 10.0. The van der Waals surface area contributed by atoms with E-state index < -0.39 is 0 Å². The van der Waals surface area contributed by atoms with Crippen LogP contribution in [-0.4, -0.2) is 20.4 Å². The summed E-state index contributed by atoms with van der Waals surface area (Å²) in [5.74, 6) is -0.0541. The molecule has 1 atom stereocenters. The van der Waals surface area contributed by atoms with Gasteiger partial charge in [0.05, 0.1) is 23.3 Å². The molecule has 1 aliphatic carbocycles. The van der Waals surface area contributed by atoms with Crippen LogP contribution in [-0.2, 0) is 17.8 Å². The fourth-order valence-corrected chi connectivity index (χ4v) is 4.31. The molecule has 0 spiro atoms. The van der Waals surface area contributed by atoms with E-state index in [1.54, 1.807) is 6.07 Å². The molecular weight excluding hydrogens is 364 g/mol. The number of nitrogens with zero attached hydrogens (tertiary/aromatic N) is 2. The minimum atomic E-state index is -0.112. The van der Waals surface area contributed by atoms with Gasteiger partial charge >= 0.3 is 0 Å². The van der Waals surface area contributed by atoms with Crippen molar-refractivity contribution in [2.75, 3.05) is 0 Å². The van der Waals surface area contributed by atoms with E-state index in [0.717, 1.165) is 30.5 Å². The first-order chi connectivity index (χ1) is 14.2. The lowest BCUT2D eigenvalue weighted by atomic mass is 9.91. The molecule has 0 fully saturated rings. The number of carbonyl (C=O) groups is 1. The number of para-hydroxylation sites is 2. The van der Waals surface area contributed by atoms with E-state index in [4.69, 9.17) is 0 Å². The third-order valence-corrected chi connectivity index (χ3v) is 5.76. The molecule has 2 aromatic heterocycles. The SMILES string of the molecule is O=C(CCn1cnc2ccccc2c1=O)N[C@@H]1CCCc2c1[nH]c1ccccc21. The molecule has 0 unspecified atom stereocenters. The Balaban J connectivity index is 1.31. The molecule has 146 valence electrons. The monoisotopic (exact) mass is 386 g/mol. The molecule has 29 heavy (non-hydrogen) atoms. The van der Waals surface area contributed by atoms with Crippen LogP contribution in [0.5, 0.6) is 0 Å². The van der Waals surface area contributed by atoms with E-state index in [2.05, 4.69) is 27.4 Å². The number of aryl methyl sites for hydroxylation is 2.